The van der Waals surface area contributed by atoms with Crippen molar-refractivity contribution in [3.63, 3.8) is 0 Å². The molecule has 1 heterocycles. The highest BCUT2D eigenvalue weighted by molar-refractivity contribution is 5.75. The van der Waals surface area contributed by atoms with Crippen LogP contribution >= 0.6 is 0 Å². The Kier molecular flexibility index (Phi) is 6.30. The monoisotopic (exact) mass is 291 g/mol. The molecular formula is C17H29N3O. The quantitative estimate of drug-likeness (QED) is 0.651. The van der Waals surface area contributed by atoms with Gasteiger partial charge < -0.3 is 15.2 Å². The number of carbonyl (C=O) groups is 1. The second-order valence-electron chi connectivity index (χ2n) is 6.09. The van der Waals surface area contributed by atoms with E-state index in [-0.39, 0.29) is 5.91 Å². The molecule has 4 heteroatoms. The van der Waals surface area contributed by atoms with Crippen LogP contribution in [0.25, 0.3) is 0 Å². The first-order chi connectivity index (χ1) is 10.2. The van der Waals surface area contributed by atoms with Crippen molar-refractivity contribution in [1.29, 1.82) is 0 Å². The van der Waals surface area contributed by atoms with Gasteiger partial charge >= 0.3 is 0 Å². The minimum Gasteiger partial charge on any atom is -0.355 e. The third-order valence-electron chi connectivity index (χ3n) is 4.02. The average molecular weight is 291 g/mol. The number of rotatable bonds is 10. The zero-order valence-electron chi connectivity index (χ0n) is 13.4. The van der Waals surface area contributed by atoms with Gasteiger partial charge in [0, 0.05) is 25.0 Å². The number of nitrogens with zero attached hydrogens (tertiary/aromatic N) is 1. The summed E-state index contributed by atoms with van der Waals surface area (Å²) >= 11 is 0. The largest absolute Gasteiger partial charge is 0.355 e. The summed E-state index contributed by atoms with van der Waals surface area (Å²) in [5.74, 6) is 0.890. The maximum absolute atomic E-state index is 11.8. The standard InChI is InChI=1S/C17H29N3O/c1-3-5-10-18-16(21)13-20-11-8-15(12-20)17(14-6-7-14)19-9-4-2/h8,11-12,14,17,19H,3-7,9-10,13H2,1-2H3,(H,18,21). The lowest BCUT2D eigenvalue weighted by Gasteiger charge is -2.16. The minimum atomic E-state index is 0.107. The van der Waals surface area contributed by atoms with E-state index in [2.05, 4.69) is 36.7 Å². The molecule has 118 valence electrons. The van der Waals surface area contributed by atoms with Crippen molar-refractivity contribution in [2.24, 2.45) is 5.92 Å². The number of hydrogen-bond acceptors (Lipinski definition) is 2. The Hall–Kier alpha value is -1.29. The number of carbonyl (C=O) groups excluding carboxylic acids is 1. The van der Waals surface area contributed by atoms with Crippen molar-refractivity contribution >= 4 is 5.91 Å². The van der Waals surface area contributed by atoms with Crippen LogP contribution in [-0.2, 0) is 11.3 Å². The third-order valence-corrected chi connectivity index (χ3v) is 4.02. The highest BCUT2D eigenvalue weighted by Crippen LogP contribution is 2.41. The molecule has 1 aliphatic carbocycles. The molecule has 1 atom stereocenters. The Labute approximate surface area is 128 Å². The molecule has 1 aromatic rings. The molecule has 1 unspecified atom stereocenters. The summed E-state index contributed by atoms with van der Waals surface area (Å²) in [5.41, 5.74) is 1.33. The Morgan fingerprint density at radius 2 is 2.14 bits per heavy atom. The van der Waals surface area contributed by atoms with Crippen LogP contribution in [0.1, 0.15) is 57.6 Å². The molecule has 4 nitrogen and oxygen atoms in total. The molecule has 1 fully saturated rings. The van der Waals surface area contributed by atoms with Crippen molar-refractivity contribution in [2.45, 2.75) is 58.5 Å². The first-order valence-electron chi connectivity index (χ1n) is 8.40. The lowest BCUT2D eigenvalue weighted by molar-refractivity contribution is -0.121. The topological polar surface area (TPSA) is 46.1 Å². The van der Waals surface area contributed by atoms with Gasteiger partial charge in [-0.25, -0.2) is 0 Å². The van der Waals surface area contributed by atoms with Gasteiger partial charge in [-0.3, -0.25) is 4.79 Å². The lowest BCUT2D eigenvalue weighted by Crippen LogP contribution is -2.28. The highest BCUT2D eigenvalue weighted by Gasteiger charge is 2.32. The fourth-order valence-corrected chi connectivity index (χ4v) is 2.65. The smallest absolute Gasteiger partial charge is 0.239 e. The molecular weight excluding hydrogens is 262 g/mol. The Bertz CT molecular complexity index is 437. The summed E-state index contributed by atoms with van der Waals surface area (Å²) in [6, 6.07) is 2.62. The van der Waals surface area contributed by atoms with Gasteiger partial charge in [-0.15, -0.1) is 0 Å². The minimum absolute atomic E-state index is 0.107. The number of aromatic nitrogens is 1. The van der Waals surface area contributed by atoms with E-state index in [9.17, 15) is 4.79 Å². The lowest BCUT2D eigenvalue weighted by atomic mass is 10.1. The van der Waals surface area contributed by atoms with E-state index < -0.39 is 0 Å². The summed E-state index contributed by atoms with van der Waals surface area (Å²) in [5, 5.41) is 6.61. The molecule has 2 rings (SSSR count). The Balaban J connectivity index is 1.85. The van der Waals surface area contributed by atoms with E-state index in [0.717, 1.165) is 38.3 Å². The van der Waals surface area contributed by atoms with Crippen LogP contribution in [-0.4, -0.2) is 23.6 Å². The summed E-state index contributed by atoms with van der Waals surface area (Å²) in [4.78, 5) is 11.8. The summed E-state index contributed by atoms with van der Waals surface area (Å²) in [6.45, 7) is 6.60. The van der Waals surface area contributed by atoms with Crippen LogP contribution in [0.4, 0.5) is 0 Å². The molecule has 0 saturated heterocycles. The molecule has 2 N–H and O–H groups in total. The predicted octanol–water partition coefficient (Wildman–Crippen LogP) is 2.86. The third kappa shape index (κ3) is 5.20. The van der Waals surface area contributed by atoms with Gasteiger partial charge in [-0.1, -0.05) is 20.3 Å². The van der Waals surface area contributed by atoms with E-state index >= 15 is 0 Å². The number of amides is 1. The van der Waals surface area contributed by atoms with Crippen LogP contribution in [0.5, 0.6) is 0 Å². The fourth-order valence-electron chi connectivity index (χ4n) is 2.65. The Morgan fingerprint density at radius 1 is 1.33 bits per heavy atom. The summed E-state index contributed by atoms with van der Waals surface area (Å²) < 4.78 is 2.00. The predicted molar refractivity (Wildman–Crippen MR) is 86.1 cm³/mol. The van der Waals surface area contributed by atoms with Crippen molar-refractivity contribution in [3.05, 3.63) is 24.0 Å². The molecule has 0 bridgehead atoms. The average Bonchev–Trinajstić information content (AvgIpc) is 3.20. The number of hydrogen-bond donors (Lipinski definition) is 2. The van der Waals surface area contributed by atoms with Crippen molar-refractivity contribution < 1.29 is 4.79 Å². The molecule has 1 aliphatic rings. The van der Waals surface area contributed by atoms with E-state index in [4.69, 9.17) is 0 Å². The molecule has 0 aliphatic heterocycles. The highest BCUT2D eigenvalue weighted by atomic mass is 16.1. The van der Waals surface area contributed by atoms with Crippen LogP contribution in [0.2, 0.25) is 0 Å². The number of nitrogens with one attached hydrogen (secondary N) is 2. The van der Waals surface area contributed by atoms with Gasteiger partial charge in [-0.2, -0.15) is 0 Å². The zero-order valence-corrected chi connectivity index (χ0v) is 13.4. The second kappa shape index (κ2) is 8.23. The fraction of sp³-hybridized carbons (Fsp3) is 0.706. The maximum atomic E-state index is 11.8. The molecule has 0 spiro atoms. The molecule has 0 aromatic carbocycles. The SMILES string of the molecule is CCCCNC(=O)Cn1ccc(C(NCCC)C2CC2)c1. The second-order valence-corrected chi connectivity index (χ2v) is 6.09. The van der Waals surface area contributed by atoms with Crippen molar-refractivity contribution in [1.82, 2.24) is 15.2 Å². The molecule has 21 heavy (non-hydrogen) atoms. The van der Waals surface area contributed by atoms with Gasteiger partial charge in [0.15, 0.2) is 0 Å². The van der Waals surface area contributed by atoms with Gasteiger partial charge in [0.05, 0.1) is 0 Å². The number of unbranched alkanes of at least 4 members (excludes halogenated alkanes) is 1. The first kappa shape index (κ1) is 16.1. The Morgan fingerprint density at radius 3 is 2.81 bits per heavy atom. The van der Waals surface area contributed by atoms with Crippen LogP contribution in [0, 0.1) is 5.92 Å². The van der Waals surface area contributed by atoms with E-state index in [1.54, 1.807) is 0 Å². The maximum Gasteiger partial charge on any atom is 0.239 e. The molecule has 0 radical (unpaired) electrons. The van der Waals surface area contributed by atoms with Crippen LogP contribution < -0.4 is 10.6 Å². The summed E-state index contributed by atoms with van der Waals surface area (Å²) in [7, 11) is 0. The van der Waals surface area contributed by atoms with Gasteiger partial charge in [0.25, 0.3) is 0 Å². The molecule has 1 aromatic heterocycles. The normalized spacial score (nSPS) is 15.9. The van der Waals surface area contributed by atoms with Gasteiger partial charge in [0.2, 0.25) is 5.91 Å². The van der Waals surface area contributed by atoms with E-state index in [1.807, 2.05) is 10.8 Å². The first-order valence-corrected chi connectivity index (χ1v) is 8.40. The van der Waals surface area contributed by atoms with Crippen molar-refractivity contribution in [3.8, 4) is 0 Å². The van der Waals surface area contributed by atoms with E-state index in [1.165, 1.54) is 18.4 Å². The van der Waals surface area contributed by atoms with Crippen molar-refractivity contribution in [2.75, 3.05) is 13.1 Å². The van der Waals surface area contributed by atoms with Gasteiger partial charge in [-0.05, 0) is 49.8 Å². The van der Waals surface area contributed by atoms with Gasteiger partial charge in [0.1, 0.15) is 6.54 Å². The van der Waals surface area contributed by atoms with Crippen LogP contribution in [0.3, 0.4) is 0 Å². The zero-order chi connectivity index (χ0) is 15.1. The molecule has 1 amide bonds. The molecule has 1 saturated carbocycles. The summed E-state index contributed by atoms with van der Waals surface area (Å²) in [6.07, 6.45) is 10.1. The van der Waals surface area contributed by atoms with E-state index in [0.29, 0.717) is 12.6 Å². The van der Waals surface area contributed by atoms with Crippen LogP contribution in [0.15, 0.2) is 18.5 Å².